The number of hydrogen-bond donors (Lipinski definition) is 2. The highest BCUT2D eigenvalue weighted by Gasteiger charge is 2.24. The molecule has 1 amide bonds. The van der Waals surface area contributed by atoms with Crippen LogP contribution in [0.4, 0.5) is 13.3 Å². The molecule has 0 bridgehead atoms. The van der Waals surface area contributed by atoms with Gasteiger partial charge < -0.3 is 20.4 Å². The fourth-order valence-corrected chi connectivity index (χ4v) is 6.33. The highest BCUT2D eigenvalue weighted by molar-refractivity contribution is 6.30. The molecule has 264 valence electrons. The number of ether oxygens (including phenoxy) is 1. The quantitative estimate of drug-likeness (QED) is 0.0953. The first-order chi connectivity index (χ1) is 24.8. The Morgan fingerprint density at radius 1 is 1.06 bits per heavy atom. The summed E-state index contributed by atoms with van der Waals surface area (Å²) in [6.45, 7) is 3.71. The number of nitrogens with two attached hydrogens (primary N) is 1. The average molecular weight is 718 g/mol. The second-order valence-corrected chi connectivity index (χ2v) is 12.5. The number of aromatic nitrogens is 4. The van der Waals surface area contributed by atoms with Crippen molar-refractivity contribution in [3.05, 3.63) is 118 Å². The molecule has 1 unspecified atom stereocenters. The Hall–Kier alpha value is -5.24. The van der Waals surface area contributed by atoms with Crippen LogP contribution in [0.3, 0.4) is 0 Å². The zero-order valence-corrected chi connectivity index (χ0v) is 28.2. The molecule has 3 aromatic carbocycles. The van der Waals surface area contributed by atoms with E-state index in [1.807, 2.05) is 24.3 Å². The maximum atomic E-state index is 14.4. The summed E-state index contributed by atoms with van der Waals surface area (Å²) in [5, 5.41) is 7.05. The van der Waals surface area contributed by atoms with Gasteiger partial charge >= 0.3 is 0 Å². The van der Waals surface area contributed by atoms with Gasteiger partial charge in [-0.15, -0.1) is 5.10 Å². The van der Waals surface area contributed by atoms with Crippen molar-refractivity contribution in [2.75, 3.05) is 19.7 Å². The monoisotopic (exact) mass is 717 g/mol. The van der Waals surface area contributed by atoms with E-state index in [2.05, 4.69) is 31.7 Å². The molecule has 2 aliphatic rings. The van der Waals surface area contributed by atoms with E-state index in [0.717, 1.165) is 65.2 Å². The van der Waals surface area contributed by atoms with Gasteiger partial charge in [-0.1, -0.05) is 51.3 Å². The molecule has 10 nitrogen and oxygen atoms in total. The lowest BCUT2D eigenvalue weighted by molar-refractivity contribution is -0.107. The molecule has 0 aliphatic carbocycles. The Labute approximate surface area is 296 Å². The Morgan fingerprint density at radius 2 is 1.84 bits per heavy atom. The van der Waals surface area contributed by atoms with Crippen molar-refractivity contribution in [2.45, 2.75) is 38.6 Å². The number of benzene rings is 3. The minimum atomic E-state index is -0.852. The summed E-state index contributed by atoms with van der Waals surface area (Å²) in [6.07, 6.45) is 9.83. The van der Waals surface area contributed by atoms with E-state index >= 15 is 0 Å². The van der Waals surface area contributed by atoms with Crippen molar-refractivity contribution in [1.29, 1.82) is 0 Å². The number of aldehydes is 1. The summed E-state index contributed by atoms with van der Waals surface area (Å²) in [7, 11) is 0. The van der Waals surface area contributed by atoms with E-state index in [0.29, 0.717) is 36.5 Å². The van der Waals surface area contributed by atoms with Gasteiger partial charge in [0, 0.05) is 42.5 Å². The topological polar surface area (TPSA) is 120 Å². The molecule has 2 aliphatic heterocycles. The summed E-state index contributed by atoms with van der Waals surface area (Å²) < 4.78 is 50.6. The zero-order valence-electron chi connectivity index (χ0n) is 27.4. The van der Waals surface area contributed by atoms with Crippen LogP contribution in [-0.4, -0.2) is 63.0 Å². The van der Waals surface area contributed by atoms with Crippen LogP contribution in [0.2, 0.25) is 5.02 Å². The smallest absolute Gasteiger partial charge is 0.243 e. The van der Waals surface area contributed by atoms with E-state index in [1.165, 1.54) is 18.2 Å². The molecule has 1 saturated heterocycles. The molecule has 3 N–H and O–H groups in total. The van der Waals surface area contributed by atoms with Crippen LogP contribution in [0.1, 0.15) is 24.2 Å². The molecule has 14 heteroatoms. The number of carbonyl (C=O) groups is 2. The van der Waals surface area contributed by atoms with E-state index in [4.69, 9.17) is 26.1 Å². The first-order valence-electron chi connectivity index (χ1n) is 16.3. The number of nitrogens with one attached hydrogen (secondary N) is 1. The maximum absolute atomic E-state index is 14.4. The van der Waals surface area contributed by atoms with Crippen LogP contribution in [0.25, 0.3) is 33.1 Å². The van der Waals surface area contributed by atoms with Crippen molar-refractivity contribution < 1.29 is 27.6 Å². The van der Waals surface area contributed by atoms with E-state index < -0.39 is 5.95 Å². The molecule has 7 rings (SSSR count). The molecule has 0 saturated carbocycles. The van der Waals surface area contributed by atoms with Crippen LogP contribution in [0.5, 0.6) is 0 Å². The average Bonchev–Trinajstić information content (AvgIpc) is 3.59. The Kier molecular flexibility index (Phi) is 11.3. The fraction of sp³-hybridized carbons (Fsp3) is 0.243. The van der Waals surface area contributed by atoms with Gasteiger partial charge in [0.15, 0.2) is 0 Å². The molecule has 51 heavy (non-hydrogen) atoms. The molecule has 5 aromatic rings. The van der Waals surface area contributed by atoms with Gasteiger partial charge in [0.25, 0.3) is 0 Å². The Balaban J connectivity index is 0.00000144. The van der Waals surface area contributed by atoms with Gasteiger partial charge in [-0.2, -0.15) is 4.39 Å². The second kappa shape index (κ2) is 16.2. The van der Waals surface area contributed by atoms with Crippen LogP contribution in [0, 0.1) is 11.8 Å². The lowest BCUT2D eigenvalue weighted by Gasteiger charge is -2.30. The number of allylic oxidation sites excluding steroid dienone is 4. The minimum Gasteiger partial charge on any atom is -0.381 e. The van der Waals surface area contributed by atoms with Crippen LogP contribution in [-0.2, 0) is 34.0 Å². The number of fused-ring (bicyclic) bond motifs is 2. The lowest BCUT2D eigenvalue weighted by atomic mass is 10.0. The normalized spacial score (nSPS) is 16.5. The van der Waals surface area contributed by atoms with Crippen molar-refractivity contribution in [3.8, 4) is 11.1 Å². The molecule has 4 heterocycles. The molecule has 0 spiro atoms. The number of hydrogen-bond acceptors (Lipinski definition) is 7. The number of amides is 1. The number of nitrogens with zero attached hydrogens (tertiary/aromatic N) is 5. The number of halogens is 4. The largest absolute Gasteiger partial charge is 0.381 e. The van der Waals surface area contributed by atoms with Gasteiger partial charge in [-0.25, -0.2) is 9.37 Å². The molecule has 0 radical (unpaired) electrons. The molecule has 1 atom stereocenters. The van der Waals surface area contributed by atoms with Gasteiger partial charge in [0.05, 0.1) is 35.6 Å². The maximum Gasteiger partial charge on any atom is 0.243 e. The SMILES string of the molecule is NC=O.O=C/C=C\C=C(/NCc1ccc(Cl)cc1F)C1=CCN(Cc2nc3ccc(-c4ccc5c(c4)c(F)nn5F)cc3n2CC2CCO2)CC1. The predicted molar refractivity (Wildman–Crippen MR) is 189 cm³/mol. The number of carbonyl (C=O) groups excluding carboxylic acids is 2. The van der Waals surface area contributed by atoms with Gasteiger partial charge in [0.2, 0.25) is 12.4 Å². The Morgan fingerprint density at radius 3 is 2.55 bits per heavy atom. The summed E-state index contributed by atoms with van der Waals surface area (Å²) in [5.74, 6) is -0.321. The van der Waals surface area contributed by atoms with Gasteiger partial charge in [-0.3, -0.25) is 14.5 Å². The first-order valence-corrected chi connectivity index (χ1v) is 16.7. The van der Waals surface area contributed by atoms with Crippen LogP contribution < -0.4 is 11.1 Å². The minimum absolute atomic E-state index is 0.0529. The second-order valence-electron chi connectivity index (χ2n) is 12.0. The van der Waals surface area contributed by atoms with Crippen LogP contribution >= 0.6 is 11.6 Å². The molecule has 2 aromatic heterocycles. The number of primary amides is 1. The highest BCUT2D eigenvalue weighted by atomic mass is 35.5. The third-order valence-corrected chi connectivity index (χ3v) is 9.11. The highest BCUT2D eigenvalue weighted by Crippen LogP contribution is 2.31. The van der Waals surface area contributed by atoms with Gasteiger partial charge in [-0.05, 0) is 78.1 Å². The third kappa shape index (κ3) is 8.22. The number of rotatable bonds is 11. The summed E-state index contributed by atoms with van der Waals surface area (Å²) >= 11 is 5.92. The standard InChI is InChI=1S/C36H32ClF3N6O2.CH3NO/c37-27-7-4-26(30(38)19-27)20-41-31(3-1-2-15-47)23-10-13-44(14-11-23)22-35-42-32-8-5-25(18-34(32)45(35)21-28-12-16-48-28)24-6-9-33-29(17-24)36(39)43-46(33)40;2-1-3/h1-10,15,17-19,28,41H,11-14,16,20-22H2;1H,(H2,2,3)/b2-1-,31-3-;. The van der Waals surface area contributed by atoms with Crippen molar-refractivity contribution in [1.82, 2.24) is 29.8 Å². The summed E-state index contributed by atoms with van der Waals surface area (Å²) in [5.41, 5.74) is 10.0. The van der Waals surface area contributed by atoms with E-state index in [9.17, 15) is 18.1 Å². The van der Waals surface area contributed by atoms with Crippen molar-refractivity contribution >= 4 is 46.2 Å². The molecular formula is C37H35ClF3N7O3. The van der Waals surface area contributed by atoms with Crippen LogP contribution in [0.15, 0.2) is 90.2 Å². The lowest BCUT2D eigenvalue weighted by Crippen LogP contribution is -2.34. The van der Waals surface area contributed by atoms with Gasteiger partial charge in [0.1, 0.15) is 23.4 Å². The van der Waals surface area contributed by atoms with E-state index in [-0.39, 0.29) is 40.7 Å². The first kappa shape index (κ1) is 35.6. The zero-order chi connectivity index (χ0) is 35.9. The Bertz CT molecular complexity index is 2160. The van der Waals surface area contributed by atoms with Crippen molar-refractivity contribution in [3.63, 3.8) is 0 Å². The predicted octanol–water partition coefficient (Wildman–Crippen LogP) is 6.17. The van der Waals surface area contributed by atoms with Crippen molar-refractivity contribution in [2.24, 2.45) is 5.73 Å². The summed E-state index contributed by atoms with van der Waals surface area (Å²) in [4.78, 5) is 26.9. The molecule has 1 fully saturated rings. The van der Waals surface area contributed by atoms with E-state index in [1.54, 1.807) is 30.3 Å². The fourth-order valence-electron chi connectivity index (χ4n) is 6.17. The molecular weight excluding hydrogens is 683 g/mol. The number of imidazole rings is 1. The third-order valence-electron chi connectivity index (χ3n) is 8.87. The summed E-state index contributed by atoms with van der Waals surface area (Å²) in [6, 6.07) is 15.4.